The van der Waals surface area contributed by atoms with Gasteiger partial charge in [-0.2, -0.15) is 5.10 Å². The molecule has 1 aromatic heterocycles. The fourth-order valence-electron chi connectivity index (χ4n) is 2.65. The minimum absolute atomic E-state index is 0.208. The average molecular weight is 240 g/mol. The maximum atomic E-state index is 12.2. The Morgan fingerprint density at radius 3 is 2.89 bits per heavy atom. The molecule has 1 aromatic carbocycles. The third-order valence-electron chi connectivity index (χ3n) is 3.93. The lowest BCUT2D eigenvalue weighted by atomic mass is 9.74. The lowest BCUT2D eigenvalue weighted by Gasteiger charge is -2.29. The minimum Gasteiger partial charge on any atom is -0.294 e. The zero-order valence-corrected chi connectivity index (χ0v) is 10.7. The summed E-state index contributed by atoms with van der Waals surface area (Å²) in [7, 11) is 1.87. The maximum Gasteiger partial charge on any atom is 0.166 e. The van der Waals surface area contributed by atoms with Crippen LogP contribution in [-0.2, 0) is 13.5 Å². The van der Waals surface area contributed by atoms with E-state index in [0.29, 0.717) is 12.3 Å². The highest BCUT2D eigenvalue weighted by Gasteiger charge is 2.28. The second-order valence-corrected chi connectivity index (χ2v) is 4.99. The molecule has 1 aliphatic rings. The number of ketones is 1. The van der Waals surface area contributed by atoms with Gasteiger partial charge in [0, 0.05) is 19.2 Å². The smallest absolute Gasteiger partial charge is 0.166 e. The number of carbonyl (C=O) groups is 1. The van der Waals surface area contributed by atoms with E-state index in [1.54, 1.807) is 10.9 Å². The van der Waals surface area contributed by atoms with Gasteiger partial charge in [-0.15, -0.1) is 0 Å². The summed E-state index contributed by atoms with van der Waals surface area (Å²) >= 11 is 0. The van der Waals surface area contributed by atoms with Crippen molar-refractivity contribution >= 4 is 5.78 Å². The number of benzene rings is 1. The Morgan fingerprint density at radius 1 is 1.44 bits per heavy atom. The van der Waals surface area contributed by atoms with Gasteiger partial charge in [-0.05, 0) is 30.4 Å². The van der Waals surface area contributed by atoms with E-state index < -0.39 is 0 Å². The molecule has 1 aliphatic carbocycles. The number of hydrogen-bond acceptors (Lipinski definition) is 2. The Labute approximate surface area is 106 Å². The second-order valence-electron chi connectivity index (χ2n) is 4.99. The number of aromatic nitrogens is 2. The van der Waals surface area contributed by atoms with E-state index in [1.165, 1.54) is 11.1 Å². The van der Waals surface area contributed by atoms with Gasteiger partial charge >= 0.3 is 0 Å². The fourth-order valence-corrected chi connectivity index (χ4v) is 2.65. The first-order chi connectivity index (χ1) is 8.66. The summed E-state index contributed by atoms with van der Waals surface area (Å²) in [6, 6.07) is 8.38. The number of fused-ring (bicyclic) bond motifs is 1. The molecule has 0 bridgehead atoms. The molecule has 0 saturated carbocycles. The third kappa shape index (κ3) is 1.67. The Bertz CT molecular complexity index is 613. The van der Waals surface area contributed by atoms with Gasteiger partial charge in [0.25, 0.3) is 0 Å². The van der Waals surface area contributed by atoms with Gasteiger partial charge in [0.05, 0.1) is 11.8 Å². The van der Waals surface area contributed by atoms with Crippen LogP contribution in [0.15, 0.2) is 30.5 Å². The molecule has 92 valence electrons. The van der Waals surface area contributed by atoms with Crippen LogP contribution in [0.5, 0.6) is 0 Å². The van der Waals surface area contributed by atoms with Crippen molar-refractivity contribution in [1.29, 1.82) is 0 Å². The number of aryl methyl sites for hydroxylation is 1. The zero-order valence-electron chi connectivity index (χ0n) is 10.7. The van der Waals surface area contributed by atoms with Crippen molar-refractivity contribution in [2.45, 2.75) is 25.7 Å². The highest BCUT2D eigenvalue weighted by Crippen LogP contribution is 2.38. The highest BCUT2D eigenvalue weighted by molar-refractivity contribution is 5.97. The summed E-state index contributed by atoms with van der Waals surface area (Å²) in [6.45, 7) is 1.94. The van der Waals surface area contributed by atoms with E-state index >= 15 is 0 Å². The first-order valence-electron chi connectivity index (χ1n) is 6.26. The summed E-state index contributed by atoms with van der Waals surface area (Å²) in [4.78, 5) is 12.2. The van der Waals surface area contributed by atoms with Gasteiger partial charge < -0.3 is 0 Å². The molecule has 0 saturated heterocycles. The number of carbonyl (C=O) groups excluding carboxylic acids is 1. The van der Waals surface area contributed by atoms with Crippen LogP contribution in [0.4, 0.5) is 0 Å². The van der Waals surface area contributed by atoms with Gasteiger partial charge in [0.2, 0.25) is 0 Å². The standard InChI is InChI=1S/C15H16N2O/c1-10-14(9-16-17(10)2)15(18)8-12-7-11-5-3-4-6-13(11)12/h3-6,9,12H,7-8H2,1-2H3. The van der Waals surface area contributed by atoms with E-state index in [-0.39, 0.29) is 5.78 Å². The summed E-state index contributed by atoms with van der Waals surface area (Å²) < 4.78 is 1.75. The van der Waals surface area contributed by atoms with E-state index in [4.69, 9.17) is 0 Å². The third-order valence-corrected chi connectivity index (χ3v) is 3.93. The van der Waals surface area contributed by atoms with Crippen LogP contribution < -0.4 is 0 Å². The topological polar surface area (TPSA) is 34.9 Å². The number of hydrogen-bond donors (Lipinski definition) is 0. The van der Waals surface area contributed by atoms with Crippen LogP contribution >= 0.6 is 0 Å². The van der Waals surface area contributed by atoms with E-state index in [0.717, 1.165) is 17.7 Å². The Hall–Kier alpha value is -1.90. The maximum absolute atomic E-state index is 12.2. The Kier molecular flexibility index (Phi) is 2.54. The lowest BCUT2D eigenvalue weighted by Crippen LogP contribution is -2.20. The van der Waals surface area contributed by atoms with Gasteiger partial charge in [0.15, 0.2) is 5.78 Å². The molecule has 1 atom stereocenters. The van der Waals surface area contributed by atoms with Crippen LogP contribution in [0.25, 0.3) is 0 Å². The van der Waals surface area contributed by atoms with Crippen LogP contribution in [0.1, 0.15) is 39.5 Å². The predicted molar refractivity (Wildman–Crippen MR) is 69.8 cm³/mol. The van der Waals surface area contributed by atoms with Crippen LogP contribution in [0.3, 0.4) is 0 Å². The molecule has 3 heteroatoms. The van der Waals surface area contributed by atoms with Crippen LogP contribution in [0, 0.1) is 6.92 Å². The molecule has 0 radical (unpaired) electrons. The van der Waals surface area contributed by atoms with Crippen molar-refractivity contribution in [1.82, 2.24) is 9.78 Å². The van der Waals surface area contributed by atoms with E-state index in [9.17, 15) is 4.79 Å². The van der Waals surface area contributed by atoms with Crippen LogP contribution in [-0.4, -0.2) is 15.6 Å². The summed E-state index contributed by atoms with van der Waals surface area (Å²) in [6.07, 6.45) is 3.31. The van der Waals surface area contributed by atoms with Crippen molar-refractivity contribution in [3.63, 3.8) is 0 Å². The van der Waals surface area contributed by atoms with Gasteiger partial charge in [-0.3, -0.25) is 9.48 Å². The van der Waals surface area contributed by atoms with E-state index in [1.807, 2.05) is 20.0 Å². The molecule has 0 N–H and O–H groups in total. The number of rotatable bonds is 3. The van der Waals surface area contributed by atoms with E-state index in [2.05, 4.69) is 23.3 Å². The molecular formula is C15H16N2O. The molecule has 2 aromatic rings. The first kappa shape index (κ1) is 11.2. The molecule has 0 spiro atoms. The molecule has 0 aliphatic heterocycles. The van der Waals surface area contributed by atoms with Gasteiger partial charge in [-0.1, -0.05) is 24.3 Å². The molecule has 0 fully saturated rings. The average Bonchev–Trinajstić information content (AvgIpc) is 2.67. The summed E-state index contributed by atoms with van der Waals surface area (Å²) in [5.41, 5.74) is 4.44. The molecule has 3 rings (SSSR count). The van der Waals surface area contributed by atoms with Gasteiger partial charge in [0.1, 0.15) is 0 Å². The molecule has 0 amide bonds. The first-order valence-corrected chi connectivity index (χ1v) is 6.26. The van der Waals surface area contributed by atoms with Crippen molar-refractivity contribution < 1.29 is 4.79 Å². The zero-order chi connectivity index (χ0) is 12.7. The SMILES string of the molecule is Cc1c(C(=O)CC2Cc3ccccc32)cnn1C. The van der Waals surface area contributed by atoms with Crippen molar-refractivity contribution in [3.8, 4) is 0 Å². The normalized spacial score (nSPS) is 17.1. The largest absolute Gasteiger partial charge is 0.294 e. The lowest BCUT2D eigenvalue weighted by molar-refractivity contribution is 0.0970. The Morgan fingerprint density at radius 2 is 2.22 bits per heavy atom. The quantitative estimate of drug-likeness (QED) is 0.773. The second kappa shape index (κ2) is 4.09. The molecule has 1 heterocycles. The summed E-state index contributed by atoms with van der Waals surface area (Å²) in [5, 5.41) is 4.13. The highest BCUT2D eigenvalue weighted by atomic mass is 16.1. The van der Waals surface area contributed by atoms with Crippen molar-refractivity contribution in [2.24, 2.45) is 7.05 Å². The Balaban J connectivity index is 1.76. The molecule has 3 nitrogen and oxygen atoms in total. The summed E-state index contributed by atoms with van der Waals surface area (Å²) in [5.74, 6) is 0.605. The molecule has 18 heavy (non-hydrogen) atoms. The monoisotopic (exact) mass is 240 g/mol. The van der Waals surface area contributed by atoms with Crippen molar-refractivity contribution in [2.75, 3.05) is 0 Å². The predicted octanol–water partition coefficient (Wildman–Crippen LogP) is 2.64. The molecule has 1 unspecified atom stereocenters. The fraction of sp³-hybridized carbons (Fsp3) is 0.333. The molecular weight excluding hydrogens is 224 g/mol. The van der Waals surface area contributed by atoms with Gasteiger partial charge in [-0.25, -0.2) is 0 Å². The number of nitrogens with zero attached hydrogens (tertiary/aromatic N) is 2. The minimum atomic E-state index is 0.208. The van der Waals surface area contributed by atoms with Crippen molar-refractivity contribution in [3.05, 3.63) is 52.8 Å². The number of Topliss-reactive ketones (excluding diaryl/α,β-unsaturated/α-hetero) is 1. The van der Waals surface area contributed by atoms with Crippen LogP contribution in [0.2, 0.25) is 0 Å².